The topological polar surface area (TPSA) is 68.2 Å². The lowest BCUT2D eigenvalue weighted by Gasteiger charge is -2.44. The molecule has 1 heterocycles. The van der Waals surface area contributed by atoms with Crippen molar-refractivity contribution in [1.29, 1.82) is 0 Å². The highest BCUT2D eigenvalue weighted by molar-refractivity contribution is 8.27. The summed E-state index contributed by atoms with van der Waals surface area (Å²) in [4.78, 5) is 0. The van der Waals surface area contributed by atoms with E-state index < -0.39 is 16.8 Å². The molecule has 0 amide bonds. The number of ether oxygens (including phenoxy) is 1. The monoisotopic (exact) mass is 437 g/mol. The van der Waals surface area contributed by atoms with Gasteiger partial charge in [0.1, 0.15) is 5.82 Å². The average molecular weight is 438 g/mol. The Morgan fingerprint density at radius 2 is 1.81 bits per heavy atom. The molecule has 2 aromatic rings. The average Bonchev–Trinajstić information content (AvgIpc) is 2.82. The van der Waals surface area contributed by atoms with Gasteiger partial charge in [0.15, 0.2) is 0 Å². The molecule has 3 N–H and O–H groups in total. The molecule has 1 aliphatic rings. The second-order valence-corrected chi connectivity index (χ2v) is 7.88. The van der Waals surface area contributed by atoms with E-state index in [2.05, 4.69) is 5.32 Å². The summed E-state index contributed by atoms with van der Waals surface area (Å²) >= 11 is 6.17. The highest BCUT2D eigenvalue weighted by Gasteiger charge is 2.42. The van der Waals surface area contributed by atoms with Crippen LogP contribution < -0.4 is 13.9 Å². The number of hydrogen-bond acceptors (Lipinski definition) is 6. The van der Waals surface area contributed by atoms with E-state index >= 15 is 0 Å². The summed E-state index contributed by atoms with van der Waals surface area (Å²) in [5, 5.41) is 3.09. The van der Waals surface area contributed by atoms with Crippen LogP contribution in [0.15, 0.2) is 42.5 Å². The first kappa shape index (κ1) is 22.0. The van der Waals surface area contributed by atoms with Gasteiger partial charge in [-0.25, -0.2) is 13.0 Å². The van der Waals surface area contributed by atoms with Crippen molar-refractivity contribution in [1.82, 2.24) is 5.32 Å². The minimum atomic E-state index is -3.40. The Balaban J connectivity index is 0.00000261. The molecule has 6 nitrogen and oxygen atoms in total. The number of rotatable bonds is 7. The van der Waals surface area contributed by atoms with Crippen molar-refractivity contribution >= 4 is 52.0 Å². The normalized spacial score (nSPS) is 16.0. The van der Waals surface area contributed by atoms with E-state index in [-0.39, 0.29) is 17.4 Å². The number of benzene rings is 2. The Morgan fingerprint density at radius 1 is 1.11 bits per heavy atom. The standard InChI is InChI=1S/C17H21ClFN3O3S.ClH/c1-20-8-10-25-11-9-21-16-4-2-3-5-17(16)22(26(21,23)24)15-7-6-13(19)12-14(15)18;/h2-7,12,20,23-24H,8-11H2,1H3;1H. The number of likely N-dealkylation sites (N-methyl/N-ethyl adjacent to an activating group) is 1. The number of hydrogen-bond donors (Lipinski definition) is 3. The molecule has 3 rings (SSSR count). The van der Waals surface area contributed by atoms with Crippen molar-refractivity contribution in [3.63, 3.8) is 0 Å². The fraction of sp³-hybridized carbons (Fsp3) is 0.294. The predicted molar refractivity (Wildman–Crippen MR) is 112 cm³/mol. The molecule has 0 unspecified atom stereocenters. The molecular weight excluding hydrogens is 416 g/mol. The summed E-state index contributed by atoms with van der Waals surface area (Å²) < 4.78 is 43.7. The van der Waals surface area contributed by atoms with Gasteiger partial charge in [0, 0.05) is 6.54 Å². The Hall–Kier alpha value is -1.26. The quantitative estimate of drug-likeness (QED) is 0.546. The minimum absolute atomic E-state index is 0. The van der Waals surface area contributed by atoms with Crippen LogP contribution in [0.4, 0.5) is 21.5 Å². The van der Waals surface area contributed by atoms with Gasteiger partial charge in [0.2, 0.25) is 0 Å². The lowest BCUT2D eigenvalue weighted by molar-refractivity contribution is 0.145. The van der Waals surface area contributed by atoms with Gasteiger partial charge < -0.3 is 10.1 Å². The number of nitrogens with zero attached hydrogens (tertiary/aromatic N) is 2. The van der Waals surface area contributed by atoms with E-state index in [1.165, 1.54) is 20.7 Å². The van der Waals surface area contributed by atoms with E-state index in [1.54, 1.807) is 18.2 Å². The maximum Gasteiger partial charge on any atom is 0.124 e. The molecule has 0 aliphatic carbocycles. The van der Waals surface area contributed by atoms with E-state index in [9.17, 15) is 13.5 Å². The summed E-state index contributed by atoms with van der Waals surface area (Å²) in [5.74, 6) is -0.488. The Labute approximate surface area is 170 Å². The van der Waals surface area contributed by atoms with E-state index in [0.717, 1.165) is 6.07 Å². The Bertz CT molecular complexity index is 785. The second kappa shape index (κ2) is 9.29. The first-order valence-corrected chi connectivity index (χ1v) is 9.93. The molecule has 0 spiro atoms. The van der Waals surface area contributed by atoms with E-state index in [1.807, 2.05) is 13.1 Å². The van der Waals surface area contributed by atoms with Crippen LogP contribution in [0, 0.1) is 5.82 Å². The third-order valence-electron chi connectivity index (χ3n) is 3.97. The fourth-order valence-electron chi connectivity index (χ4n) is 2.78. The van der Waals surface area contributed by atoms with Gasteiger partial charge in [0.25, 0.3) is 0 Å². The van der Waals surface area contributed by atoms with Crippen LogP contribution in [-0.4, -0.2) is 42.5 Å². The predicted octanol–water partition coefficient (Wildman–Crippen LogP) is 4.68. The zero-order chi connectivity index (χ0) is 18.7. The molecule has 10 heteroatoms. The first-order chi connectivity index (χ1) is 12.5. The molecule has 0 atom stereocenters. The minimum Gasteiger partial charge on any atom is -0.378 e. The van der Waals surface area contributed by atoms with Crippen LogP contribution >= 0.6 is 35.0 Å². The van der Waals surface area contributed by atoms with Crippen LogP contribution in [-0.2, 0) is 4.74 Å². The molecule has 0 radical (unpaired) electrons. The number of fused-ring (bicyclic) bond motifs is 1. The summed E-state index contributed by atoms with van der Waals surface area (Å²) in [5.41, 5.74) is 1.58. The smallest absolute Gasteiger partial charge is 0.124 e. The van der Waals surface area contributed by atoms with Gasteiger partial charge in [-0.15, -0.1) is 12.4 Å². The van der Waals surface area contributed by atoms with Crippen LogP contribution in [0.5, 0.6) is 0 Å². The van der Waals surface area contributed by atoms with Crippen molar-refractivity contribution in [2.75, 3.05) is 42.0 Å². The third-order valence-corrected chi connectivity index (χ3v) is 6.13. The largest absolute Gasteiger partial charge is 0.378 e. The zero-order valence-corrected chi connectivity index (χ0v) is 17.0. The summed E-state index contributed by atoms with van der Waals surface area (Å²) in [6.07, 6.45) is 0. The number of para-hydroxylation sites is 2. The molecule has 0 saturated carbocycles. The highest BCUT2D eigenvalue weighted by atomic mass is 35.5. The number of halogens is 3. The Morgan fingerprint density at radius 3 is 2.48 bits per heavy atom. The molecule has 1 aliphatic heterocycles. The van der Waals surface area contributed by atoms with Crippen molar-refractivity contribution in [3.05, 3.63) is 53.3 Å². The van der Waals surface area contributed by atoms with Crippen molar-refractivity contribution < 1.29 is 18.2 Å². The molecule has 0 fully saturated rings. The van der Waals surface area contributed by atoms with Gasteiger partial charge in [-0.05, 0) is 48.3 Å². The lowest BCUT2D eigenvalue weighted by Crippen LogP contribution is -2.34. The molecule has 2 aromatic carbocycles. The second-order valence-electron chi connectivity index (χ2n) is 5.69. The van der Waals surface area contributed by atoms with Gasteiger partial charge in [-0.3, -0.25) is 9.11 Å². The fourth-order valence-corrected chi connectivity index (χ4v) is 4.86. The highest BCUT2D eigenvalue weighted by Crippen LogP contribution is 2.64. The SMILES string of the molecule is CNCCOCCN1c2ccccc2N(c2ccc(F)cc2Cl)S1(O)O.Cl. The Kier molecular flexibility index (Phi) is 7.58. The molecular formula is C17H22Cl2FN3O3S. The maximum absolute atomic E-state index is 13.4. The number of anilines is 3. The lowest BCUT2D eigenvalue weighted by atomic mass is 10.2. The number of nitrogens with one attached hydrogen (secondary N) is 1. The molecule has 0 aromatic heterocycles. The van der Waals surface area contributed by atoms with Crippen LogP contribution in [0.2, 0.25) is 5.02 Å². The van der Waals surface area contributed by atoms with Crippen molar-refractivity contribution in [3.8, 4) is 0 Å². The van der Waals surface area contributed by atoms with Gasteiger partial charge >= 0.3 is 0 Å². The van der Waals surface area contributed by atoms with E-state index in [4.69, 9.17) is 16.3 Å². The van der Waals surface area contributed by atoms with Gasteiger partial charge in [0.05, 0.1) is 41.8 Å². The molecule has 27 heavy (non-hydrogen) atoms. The van der Waals surface area contributed by atoms with Crippen LogP contribution in [0.3, 0.4) is 0 Å². The van der Waals surface area contributed by atoms with Crippen LogP contribution in [0.25, 0.3) is 0 Å². The summed E-state index contributed by atoms with van der Waals surface area (Å²) in [6, 6.07) is 11.0. The first-order valence-electron chi connectivity index (χ1n) is 8.09. The summed E-state index contributed by atoms with van der Waals surface area (Å²) in [7, 11) is -1.57. The molecule has 0 saturated heterocycles. The molecule has 0 bridgehead atoms. The zero-order valence-electron chi connectivity index (χ0n) is 14.6. The van der Waals surface area contributed by atoms with Gasteiger partial charge in [-0.1, -0.05) is 23.7 Å². The third kappa shape index (κ3) is 4.43. The van der Waals surface area contributed by atoms with Crippen molar-refractivity contribution in [2.24, 2.45) is 0 Å². The summed E-state index contributed by atoms with van der Waals surface area (Å²) in [6.45, 7) is 1.86. The van der Waals surface area contributed by atoms with Crippen LogP contribution in [0.1, 0.15) is 0 Å². The maximum atomic E-state index is 13.4. The molecule has 150 valence electrons. The van der Waals surface area contributed by atoms with E-state index in [0.29, 0.717) is 43.4 Å². The van der Waals surface area contributed by atoms with Crippen molar-refractivity contribution in [2.45, 2.75) is 0 Å². The van der Waals surface area contributed by atoms with Gasteiger partial charge in [-0.2, -0.15) is 0 Å².